The molecule has 1 aliphatic rings. The Balaban J connectivity index is 1.63. The van der Waals surface area contributed by atoms with Crippen LogP contribution in [0.3, 0.4) is 0 Å². The van der Waals surface area contributed by atoms with Crippen molar-refractivity contribution in [1.82, 2.24) is 14.8 Å². The largest absolute Gasteiger partial charge is 0.482 e. The molecule has 0 radical (unpaired) electrons. The van der Waals surface area contributed by atoms with Crippen molar-refractivity contribution < 1.29 is 9.53 Å². The number of carbonyl (C=O) groups is 1. The molecular weight excluding hydrogens is 414 g/mol. The van der Waals surface area contributed by atoms with Gasteiger partial charge in [0.25, 0.3) is 5.91 Å². The number of ether oxygens (including phenoxy) is 1. The number of allylic oxidation sites excluding steroid dienone is 1. The molecule has 1 aliphatic heterocycles. The fourth-order valence-corrected chi connectivity index (χ4v) is 3.92. The smallest absolute Gasteiger partial charge is 0.262 e. The highest BCUT2D eigenvalue weighted by Gasteiger charge is 2.23. The molecule has 4 rings (SSSR count). The molecule has 168 valence electrons. The summed E-state index contributed by atoms with van der Waals surface area (Å²) in [5.41, 5.74) is 3.95. The van der Waals surface area contributed by atoms with Gasteiger partial charge >= 0.3 is 0 Å². The lowest BCUT2D eigenvalue weighted by atomic mass is 10.1. The summed E-state index contributed by atoms with van der Waals surface area (Å²) in [6, 6.07) is 17.3. The maximum Gasteiger partial charge on any atom is 0.262 e. The zero-order chi connectivity index (χ0) is 23.2. The number of benzene rings is 2. The number of nitrogens with zero attached hydrogens (tertiary/aromatic N) is 4. The van der Waals surface area contributed by atoms with Crippen LogP contribution in [0.25, 0.3) is 11.3 Å². The van der Waals surface area contributed by atoms with Crippen molar-refractivity contribution in [1.29, 1.82) is 5.26 Å². The van der Waals surface area contributed by atoms with E-state index in [-0.39, 0.29) is 18.1 Å². The van der Waals surface area contributed by atoms with Gasteiger partial charge in [-0.15, -0.1) is 10.2 Å². The highest BCUT2D eigenvalue weighted by Crippen LogP contribution is 2.28. The molecule has 1 aromatic heterocycles. The van der Waals surface area contributed by atoms with Gasteiger partial charge in [-0.1, -0.05) is 42.8 Å². The molecule has 2 aromatic carbocycles. The number of aryl methyl sites for hydroxylation is 3. The zero-order valence-corrected chi connectivity index (χ0v) is 19.0. The van der Waals surface area contributed by atoms with E-state index in [0.717, 1.165) is 49.2 Å². The Labute approximate surface area is 193 Å². The molecule has 0 spiro atoms. The first-order chi connectivity index (χ1) is 16.1. The van der Waals surface area contributed by atoms with Crippen LogP contribution in [0.5, 0.6) is 0 Å². The number of nitrogens with one attached hydrogen (secondary N) is 1. The highest BCUT2D eigenvalue weighted by molar-refractivity contribution is 5.95. The van der Waals surface area contributed by atoms with Gasteiger partial charge in [0.15, 0.2) is 12.4 Å². The molecule has 0 saturated heterocycles. The third-order valence-electron chi connectivity index (χ3n) is 5.85. The SMILES string of the molecule is Cc1ccc(NC(=O)CO/C(=C(\C#N)c2nnc3n2CCCCC3)c2ccccc2)cc1C. The Morgan fingerprint density at radius 1 is 1.09 bits per heavy atom. The normalized spacial score (nSPS) is 13.8. The van der Waals surface area contributed by atoms with E-state index in [9.17, 15) is 10.1 Å². The van der Waals surface area contributed by atoms with Gasteiger partial charge in [0.2, 0.25) is 0 Å². The second-order valence-corrected chi connectivity index (χ2v) is 8.22. The number of anilines is 1. The first-order valence-corrected chi connectivity index (χ1v) is 11.2. The molecular formula is C26H27N5O2. The number of fused-ring (bicyclic) bond motifs is 1. The predicted molar refractivity (Wildman–Crippen MR) is 127 cm³/mol. The Morgan fingerprint density at radius 2 is 1.91 bits per heavy atom. The van der Waals surface area contributed by atoms with Gasteiger partial charge in [0, 0.05) is 24.2 Å². The summed E-state index contributed by atoms with van der Waals surface area (Å²) in [6.07, 6.45) is 4.03. The van der Waals surface area contributed by atoms with E-state index in [1.807, 2.05) is 66.9 Å². The molecule has 0 bridgehead atoms. The van der Waals surface area contributed by atoms with Crippen molar-refractivity contribution >= 4 is 22.9 Å². The number of nitriles is 1. The molecule has 33 heavy (non-hydrogen) atoms. The summed E-state index contributed by atoms with van der Waals surface area (Å²) < 4.78 is 7.99. The number of carbonyl (C=O) groups excluding carboxylic acids is 1. The summed E-state index contributed by atoms with van der Waals surface area (Å²) >= 11 is 0. The minimum Gasteiger partial charge on any atom is -0.482 e. The second kappa shape index (κ2) is 10.1. The van der Waals surface area contributed by atoms with Crippen LogP contribution in [-0.2, 0) is 22.5 Å². The Kier molecular flexibility index (Phi) is 6.84. The minimum absolute atomic E-state index is 0.233. The summed E-state index contributed by atoms with van der Waals surface area (Å²) in [5.74, 6) is 1.40. The van der Waals surface area contributed by atoms with Gasteiger partial charge in [-0.05, 0) is 49.9 Å². The zero-order valence-electron chi connectivity index (χ0n) is 19.0. The highest BCUT2D eigenvalue weighted by atomic mass is 16.5. The van der Waals surface area contributed by atoms with Crippen molar-refractivity contribution in [2.75, 3.05) is 11.9 Å². The van der Waals surface area contributed by atoms with E-state index < -0.39 is 0 Å². The van der Waals surface area contributed by atoms with Gasteiger partial charge in [0.05, 0.1) is 0 Å². The number of aromatic nitrogens is 3. The van der Waals surface area contributed by atoms with Crippen molar-refractivity contribution in [3.63, 3.8) is 0 Å². The lowest BCUT2D eigenvalue weighted by Crippen LogP contribution is -2.18. The van der Waals surface area contributed by atoms with Crippen LogP contribution >= 0.6 is 0 Å². The summed E-state index contributed by atoms with van der Waals surface area (Å²) in [6.45, 7) is 4.55. The van der Waals surface area contributed by atoms with Gasteiger partial charge in [-0.3, -0.25) is 4.79 Å². The van der Waals surface area contributed by atoms with Crippen molar-refractivity contribution in [3.8, 4) is 6.07 Å². The predicted octanol–water partition coefficient (Wildman–Crippen LogP) is 4.67. The standard InChI is InChI=1S/C26H27N5O2/c1-18-12-13-21(15-19(18)2)28-24(32)17-33-25(20-9-5-3-6-10-20)22(16-27)26-30-29-23-11-7-4-8-14-31(23)26/h3,5-6,9-10,12-13,15H,4,7-8,11,14,17H2,1-2H3,(H,28,32)/b25-22+. The van der Waals surface area contributed by atoms with Gasteiger partial charge < -0.3 is 14.6 Å². The third kappa shape index (κ3) is 5.12. The van der Waals surface area contributed by atoms with Crippen molar-refractivity contribution in [2.45, 2.75) is 46.1 Å². The van der Waals surface area contributed by atoms with E-state index in [1.54, 1.807) is 0 Å². The van der Waals surface area contributed by atoms with E-state index in [2.05, 4.69) is 21.6 Å². The molecule has 1 amide bonds. The first kappa shape index (κ1) is 22.3. The minimum atomic E-state index is -0.302. The van der Waals surface area contributed by atoms with Crippen LogP contribution in [0.2, 0.25) is 0 Å². The molecule has 0 atom stereocenters. The molecule has 7 nitrogen and oxygen atoms in total. The van der Waals surface area contributed by atoms with E-state index in [1.165, 1.54) is 0 Å². The van der Waals surface area contributed by atoms with Gasteiger partial charge in [-0.25, -0.2) is 0 Å². The number of hydrogen-bond donors (Lipinski definition) is 1. The van der Waals surface area contributed by atoms with E-state index in [4.69, 9.17) is 4.74 Å². The quantitative estimate of drug-likeness (QED) is 0.443. The fourth-order valence-electron chi connectivity index (χ4n) is 3.92. The van der Waals surface area contributed by atoms with Crippen LogP contribution in [0.4, 0.5) is 5.69 Å². The third-order valence-corrected chi connectivity index (χ3v) is 5.85. The Bertz CT molecular complexity index is 1220. The van der Waals surface area contributed by atoms with Crippen molar-refractivity contribution in [3.05, 3.63) is 76.9 Å². The van der Waals surface area contributed by atoms with Crippen molar-refractivity contribution in [2.24, 2.45) is 0 Å². The molecule has 7 heteroatoms. The average molecular weight is 442 g/mol. The molecule has 1 N–H and O–H groups in total. The first-order valence-electron chi connectivity index (χ1n) is 11.2. The number of amides is 1. The Morgan fingerprint density at radius 3 is 2.67 bits per heavy atom. The number of rotatable bonds is 6. The van der Waals surface area contributed by atoms with Crippen LogP contribution in [0.15, 0.2) is 48.5 Å². The van der Waals surface area contributed by atoms with Gasteiger partial charge in [-0.2, -0.15) is 5.26 Å². The second-order valence-electron chi connectivity index (χ2n) is 8.22. The fraction of sp³-hybridized carbons (Fsp3) is 0.308. The molecule has 2 heterocycles. The van der Waals surface area contributed by atoms with Crippen LogP contribution in [-0.4, -0.2) is 27.3 Å². The van der Waals surface area contributed by atoms with Crippen LogP contribution in [0, 0.1) is 25.2 Å². The topological polar surface area (TPSA) is 92.8 Å². The summed E-state index contributed by atoms with van der Waals surface area (Å²) in [5, 5.41) is 21.6. The summed E-state index contributed by atoms with van der Waals surface area (Å²) in [7, 11) is 0. The monoisotopic (exact) mass is 441 g/mol. The van der Waals surface area contributed by atoms with Crippen LogP contribution in [0.1, 0.15) is 47.6 Å². The van der Waals surface area contributed by atoms with E-state index >= 15 is 0 Å². The van der Waals surface area contributed by atoms with Crippen LogP contribution < -0.4 is 5.32 Å². The molecule has 0 fully saturated rings. The van der Waals surface area contributed by atoms with Gasteiger partial charge in [0.1, 0.15) is 23.2 Å². The maximum atomic E-state index is 12.6. The molecule has 0 unspecified atom stereocenters. The number of hydrogen-bond acceptors (Lipinski definition) is 5. The average Bonchev–Trinajstić information content (AvgIpc) is 3.06. The lowest BCUT2D eigenvalue weighted by molar-refractivity contribution is -0.118. The maximum absolute atomic E-state index is 12.6. The molecule has 3 aromatic rings. The Hall–Kier alpha value is -3.92. The summed E-state index contributed by atoms with van der Waals surface area (Å²) in [4.78, 5) is 12.6. The molecule has 0 saturated carbocycles. The molecule has 0 aliphatic carbocycles. The lowest BCUT2D eigenvalue weighted by Gasteiger charge is -2.14. The van der Waals surface area contributed by atoms with E-state index in [0.29, 0.717) is 22.8 Å².